The standard InChI is InChI=1S/C25H19N3O3/c26-28-22-3-1-2-4-24(22)31-25-14-17(5-8-23(25)28)27-20-9-6-18(29)12-15(20)11-16-13-19(30)7-10-21(16)27/h1-10,12-14,29-30H,11,26H2. The summed E-state index contributed by atoms with van der Waals surface area (Å²) >= 11 is 0. The van der Waals surface area contributed by atoms with Gasteiger partial charge < -0.3 is 19.8 Å². The second kappa shape index (κ2) is 6.42. The topological polar surface area (TPSA) is 82.2 Å². The molecule has 0 amide bonds. The first-order valence-corrected chi connectivity index (χ1v) is 9.98. The van der Waals surface area contributed by atoms with Crippen LogP contribution < -0.4 is 20.5 Å². The van der Waals surface area contributed by atoms with E-state index in [1.807, 2.05) is 54.6 Å². The summed E-state index contributed by atoms with van der Waals surface area (Å²) in [5.74, 6) is 8.14. The van der Waals surface area contributed by atoms with Crippen LogP contribution in [0.3, 0.4) is 0 Å². The summed E-state index contributed by atoms with van der Waals surface area (Å²) in [6.07, 6.45) is 0.620. The van der Waals surface area contributed by atoms with E-state index in [1.54, 1.807) is 29.3 Å². The van der Waals surface area contributed by atoms with Crippen LogP contribution in [0.5, 0.6) is 23.0 Å². The molecule has 0 radical (unpaired) electrons. The molecule has 0 saturated heterocycles. The molecule has 0 atom stereocenters. The first-order chi connectivity index (χ1) is 15.1. The summed E-state index contributed by atoms with van der Waals surface area (Å²) in [4.78, 5) is 2.11. The third kappa shape index (κ3) is 2.69. The molecule has 4 N–H and O–H groups in total. The van der Waals surface area contributed by atoms with Crippen LogP contribution >= 0.6 is 0 Å². The highest BCUT2D eigenvalue weighted by molar-refractivity contribution is 5.87. The van der Waals surface area contributed by atoms with Crippen molar-refractivity contribution >= 4 is 28.4 Å². The molecular weight excluding hydrogens is 390 g/mol. The molecular formula is C25H19N3O3. The van der Waals surface area contributed by atoms with Crippen molar-refractivity contribution in [1.82, 2.24) is 0 Å². The molecule has 152 valence electrons. The second-order valence-electron chi connectivity index (χ2n) is 7.73. The zero-order chi connectivity index (χ0) is 21.1. The summed E-state index contributed by atoms with van der Waals surface area (Å²) in [6, 6.07) is 24.3. The minimum absolute atomic E-state index is 0.214. The lowest BCUT2D eigenvalue weighted by Crippen LogP contribution is -2.28. The summed E-state index contributed by atoms with van der Waals surface area (Å²) < 4.78 is 6.17. The summed E-state index contributed by atoms with van der Waals surface area (Å²) in [6.45, 7) is 0. The van der Waals surface area contributed by atoms with Gasteiger partial charge in [-0.3, -0.25) is 5.01 Å². The molecule has 6 heteroatoms. The molecule has 0 aliphatic carbocycles. The molecule has 6 rings (SSSR count). The fourth-order valence-corrected chi connectivity index (χ4v) is 4.39. The van der Waals surface area contributed by atoms with E-state index in [0.29, 0.717) is 17.9 Å². The number of nitrogens with zero attached hydrogens (tertiary/aromatic N) is 2. The number of fused-ring (bicyclic) bond motifs is 4. The number of aromatic hydroxyl groups is 2. The summed E-state index contributed by atoms with van der Waals surface area (Å²) in [5.41, 5.74) is 6.36. The van der Waals surface area contributed by atoms with Gasteiger partial charge in [-0.25, -0.2) is 5.84 Å². The molecule has 0 fully saturated rings. The van der Waals surface area contributed by atoms with Crippen LogP contribution in [0.1, 0.15) is 11.1 Å². The average molecular weight is 409 g/mol. The molecule has 0 unspecified atom stereocenters. The second-order valence-corrected chi connectivity index (χ2v) is 7.73. The molecule has 4 aromatic carbocycles. The van der Waals surface area contributed by atoms with Crippen molar-refractivity contribution < 1.29 is 14.9 Å². The van der Waals surface area contributed by atoms with E-state index < -0.39 is 0 Å². The largest absolute Gasteiger partial charge is 0.508 e. The van der Waals surface area contributed by atoms with Crippen molar-refractivity contribution in [3.05, 3.63) is 90.0 Å². The number of phenolic OH excluding ortho intramolecular Hbond substituents is 2. The number of rotatable bonds is 1. The van der Waals surface area contributed by atoms with Gasteiger partial charge in [-0.2, -0.15) is 0 Å². The van der Waals surface area contributed by atoms with Crippen LogP contribution in [-0.4, -0.2) is 10.2 Å². The Balaban J connectivity index is 1.52. The lowest BCUT2D eigenvalue weighted by Gasteiger charge is -2.35. The fourth-order valence-electron chi connectivity index (χ4n) is 4.39. The fraction of sp³-hybridized carbons (Fsp3) is 0.0400. The Bertz CT molecular complexity index is 1300. The molecule has 4 aromatic rings. The van der Waals surface area contributed by atoms with E-state index in [4.69, 9.17) is 10.6 Å². The predicted octanol–water partition coefficient (Wildman–Crippen LogP) is 5.59. The number of nitrogens with two attached hydrogens (primary N) is 1. The van der Waals surface area contributed by atoms with Crippen LogP contribution in [0.15, 0.2) is 78.9 Å². The van der Waals surface area contributed by atoms with Crippen LogP contribution in [0.25, 0.3) is 0 Å². The molecule has 0 spiro atoms. The number of anilines is 5. The quantitative estimate of drug-likeness (QED) is 0.313. The molecule has 31 heavy (non-hydrogen) atoms. The van der Waals surface area contributed by atoms with E-state index in [0.717, 1.165) is 39.6 Å². The average Bonchev–Trinajstić information content (AvgIpc) is 2.77. The molecule has 2 aliphatic rings. The van der Waals surface area contributed by atoms with Gasteiger partial charge >= 0.3 is 0 Å². The summed E-state index contributed by atoms with van der Waals surface area (Å²) in [5, 5.41) is 21.7. The van der Waals surface area contributed by atoms with Gasteiger partial charge in [0, 0.05) is 23.9 Å². The molecule has 0 bridgehead atoms. The number of hydrogen-bond acceptors (Lipinski definition) is 6. The van der Waals surface area contributed by atoms with Gasteiger partial charge in [0.05, 0.1) is 5.69 Å². The van der Waals surface area contributed by atoms with Gasteiger partial charge in [0.1, 0.15) is 22.9 Å². The highest BCUT2D eigenvalue weighted by atomic mass is 16.5. The Labute approximate surface area is 178 Å². The molecule has 0 saturated carbocycles. The van der Waals surface area contributed by atoms with Crippen molar-refractivity contribution in [2.75, 3.05) is 9.91 Å². The molecule has 6 nitrogen and oxygen atoms in total. The van der Waals surface area contributed by atoms with E-state index in [2.05, 4.69) is 4.90 Å². The highest BCUT2D eigenvalue weighted by Crippen LogP contribution is 2.50. The van der Waals surface area contributed by atoms with Gasteiger partial charge in [-0.15, -0.1) is 0 Å². The number of ether oxygens (including phenoxy) is 1. The molecule has 2 aliphatic heterocycles. The minimum atomic E-state index is 0.214. The number of hydrogen-bond donors (Lipinski definition) is 3. The number of phenols is 2. The van der Waals surface area contributed by atoms with Gasteiger partial charge in [0.15, 0.2) is 11.5 Å². The van der Waals surface area contributed by atoms with Crippen molar-refractivity contribution in [3.8, 4) is 23.0 Å². The first kappa shape index (κ1) is 17.7. The maximum Gasteiger partial charge on any atom is 0.154 e. The Morgan fingerprint density at radius 3 is 2.00 bits per heavy atom. The SMILES string of the molecule is NN1c2ccccc2Oc2cc(N3c4ccc(O)cc4Cc4cc(O)ccc43)ccc21. The van der Waals surface area contributed by atoms with Gasteiger partial charge in [-0.05, 0) is 71.8 Å². The minimum Gasteiger partial charge on any atom is -0.508 e. The van der Waals surface area contributed by atoms with E-state index in [1.165, 1.54) is 0 Å². The summed E-state index contributed by atoms with van der Waals surface area (Å²) in [7, 11) is 0. The monoisotopic (exact) mass is 409 g/mol. The Morgan fingerprint density at radius 1 is 0.677 bits per heavy atom. The van der Waals surface area contributed by atoms with Crippen molar-refractivity contribution in [1.29, 1.82) is 0 Å². The van der Waals surface area contributed by atoms with Crippen LogP contribution in [-0.2, 0) is 6.42 Å². The van der Waals surface area contributed by atoms with E-state index in [9.17, 15) is 10.2 Å². The Hall–Kier alpha value is -4.16. The van der Waals surface area contributed by atoms with Gasteiger partial charge in [0.25, 0.3) is 0 Å². The maximum absolute atomic E-state index is 10.0. The third-order valence-electron chi connectivity index (χ3n) is 5.79. The zero-order valence-electron chi connectivity index (χ0n) is 16.5. The predicted molar refractivity (Wildman–Crippen MR) is 120 cm³/mol. The first-order valence-electron chi connectivity index (χ1n) is 9.98. The number of benzene rings is 4. The molecule has 2 heterocycles. The van der Waals surface area contributed by atoms with Crippen LogP contribution in [0.4, 0.5) is 28.4 Å². The maximum atomic E-state index is 10.0. The number of para-hydroxylation sites is 2. The van der Waals surface area contributed by atoms with E-state index >= 15 is 0 Å². The van der Waals surface area contributed by atoms with Gasteiger partial charge in [-0.1, -0.05) is 12.1 Å². The van der Waals surface area contributed by atoms with Gasteiger partial charge in [0.2, 0.25) is 0 Å². The lowest BCUT2D eigenvalue weighted by molar-refractivity contribution is 0.473. The Morgan fingerprint density at radius 2 is 1.29 bits per heavy atom. The van der Waals surface area contributed by atoms with Crippen LogP contribution in [0, 0.1) is 0 Å². The van der Waals surface area contributed by atoms with Crippen LogP contribution in [0.2, 0.25) is 0 Å². The van der Waals surface area contributed by atoms with Crippen molar-refractivity contribution in [2.45, 2.75) is 6.42 Å². The normalized spacial score (nSPS) is 13.6. The zero-order valence-corrected chi connectivity index (χ0v) is 16.5. The highest BCUT2D eigenvalue weighted by Gasteiger charge is 2.28. The van der Waals surface area contributed by atoms with Crippen molar-refractivity contribution in [3.63, 3.8) is 0 Å². The third-order valence-corrected chi connectivity index (χ3v) is 5.79. The Kier molecular flexibility index (Phi) is 3.66. The number of hydrazine groups is 1. The lowest BCUT2D eigenvalue weighted by atomic mass is 9.94. The van der Waals surface area contributed by atoms with Crippen molar-refractivity contribution in [2.24, 2.45) is 5.84 Å². The van der Waals surface area contributed by atoms with E-state index in [-0.39, 0.29) is 11.5 Å². The smallest absolute Gasteiger partial charge is 0.154 e. The molecule has 0 aromatic heterocycles.